The largest absolute Gasteiger partial charge is 0.392 e. The van der Waals surface area contributed by atoms with Gasteiger partial charge in [-0.15, -0.1) is 0 Å². The number of amides is 1. The lowest BCUT2D eigenvalue weighted by atomic mass is 10.1. The van der Waals surface area contributed by atoms with Crippen molar-refractivity contribution in [2.45, 2.75) is 26.4 Å². The first kappa shape index (κ1) is 15.9. The van der Waals surface area contributed by atoms with E-state index in [1.54, 1.807) is 6.20 Å². The molecule has 0 saturated carbocycles. The molecule has 7 nitrogen and oxygen atoms in total. The third kappa shape index (κ3) is 3.35. The summed E-state index contributed by atoms with van der Waals surface area (Å²) in [4.78, 5) is 21.0. The zero-order valence-corrected chi connectivity index (χ0v) is 13.6. The molecule has 0 unspecified atom stereocenters. The van der Waals surface area contributed by atoms with Crippen LogP contribution in [0.5, 0.6) is 0 Å². The van der Waals surface area contributed by atoms with Crippen molar-refractivity contribution < 1.29 is 9.90 Å². The topological polar surface area (TPSA) is 85.3 Å². The molecule has 1 amide bonds. The summed E-state index contributed by atoms with van der Waals surface area (Å²) in [6.45, 7) is 7.52. The van der Waals surface area contributed by atoms with Crippen LogP contribution in [0.2, 0.25) is 0 Å². The second-order valence-corrected chi connectivity index (χ2v) is 6.10. The molecule has 7 heteroatoms. The van der Waals surface area contributed by atoms with Gasteiger partial charge in [-0.25, -0.2) is 4.98 Å². The van der Waals surface area contributed by atoms with Crippen LogP contribution in [0.15, 0.2) is 12.3 Å². The summed E-state index contributed by atoms with van der Waals surface area (Å²) in [5.41, 5.74) is 2.15. The van der Waals surface area contributed by atoms with Crippen molar-refractivity contribution in [2.24, 2.45) is 0 Å². The maximum absolute atomic E-state index is 12.6. The number of piperazine rings is 1. The van der Waals surface area contributed by atoms with E-state index in [0.29, 0.717) is 30.8 Å². The van der Waals surface area contributed by atoms with Gasteiger partial charge in [-0.1, -0.05) is 6.92 Å². The molecule has 0 bridgehead atoms. The first-order valence-corrected chi connectivity index (χ1v) is 8.09. The number of β-amino-alcohol motifs (C(OH)–C–C–N with tert-alkyl or cyclic N) is 1. The minimum Gasteiger partial charge on any atom is -0.392 e. The minimum atomic E-state index is -0.284. The predicted molar refractivity (Wildman–Crippen MR) is 87.3 cm³/mol. The van der Waals surface area contributed by atoms with Gasteiger partial charge >= 0.3 is 0 Å². The molecule has 2 N–H and O–H groups in total. The molecule has 23 heavy (non-hydrogen) atoms. The van der Waals surface area contributed by atoms with Crippen molar-refractivity contribution in [2.75, 3.05) is 32.7 Å². The molecule has 0 spiro atoms. The van der Waals surface area contributed by atoms with Gasteiger partial charge < -0.3 is 10.0 Å². The van der Waals surface area contributed by atoms with Crippen LogP contribution in [0.3, 0.4) is 0 Å². The molecule has 1 atom stereocenters. The van der Waals surface area contributed by atoms with E-state index in [4.69, 9.17) is 0 Å². The van der Waals surface area contributed by atoms with E-state index >= 15 is 0 Å². The number of aliphatic hydroxyl groups is 1. The number of hydrogen-bond acceptors (Lipinski definition) is 5. The van der Waals surface area contributed by atoms with E-state index in [-0.39, 0.29) is 12.0 Å². The molecule has 1 aliphatic heterocycles. The van der Waals surface area contributed by atoms with Crippen LogP contribution in [-0.2, 0) is 0 Å². The lowest BCUT2D eigenvalue weighted by molar-refractivity contribution is 0.0523. The Morgan fingerprint density at radius 1 is 1.39 bits per heavy atom. The molecule has 2 aromatic rings. The number of H-pyrrole nitrogens is 1. The Balaban J connectivity index is 1.65. The number of rotatable bonds is 4. The summed E-state index contributed by atoms with van der Waals surface area (Å²) in [7, 11) is 0. The Kier molecular flexibility index (Phi) is 4.58. The summed E-state index contributed by atoms with van der Waals surface area (Å²) in [5.74, 6) is 0.00990. The standard InChI is InChI=1S/C16H23N5O2/c1-3-13(22)10-20-4-6-21(7-5-20)16(23)12-8-14-11(2)18-19-15(14)17-9-12/h8-9,13,22H,3-7,10H2,1-2H3,(H,17,18,19)/t13-/m0/s1. The summed E-state index contributed by atoms with van der Waals surface area (Å²) in [6, 6.07) is 1.86. The van der Waals surface area contributed by atoms with Crippen LogP contribution in [0.25, 0.3) is 11.0 Å². The molecule has 3 rings (SSSR count). The van der Waals surface area contributed by atoms with E-state index in [2.05, 4.69) is 20.1 Å². The van der Waals surface area contributed by atoms with Gasteiger partial charge in [0, 0.05) is 50.0 Å². The van der Waals surface area contributed by atoms with E-state index < -0.39 is 0 Å². The molecular weight excluding hydrogens is 294 g/mol. The maximum Gasteiger partial charge on any atom is 0.255 e. The number of aromatic amines is 1. The number of carbonyl (C=O) groups excluding carboxylic acids is 1. The average Bonchev–Trinajstić information content (AvgIpc) is 2.95. The molecule has 2 aromatic heterocycles. The molecule has 1 aliphatic rings. The second kappa shape index (κ2) is 6.64. The highest BCUT2D eigenvalue weighted by atomic mass is 16.3. The van der Waals surface area contributed by atoms with E-state index in [9.17, 15) is 9.90 Å². The highest BCUT2D eigenvalue weighted by molar-refractivity contribution is 5.97. The third-order valence-corrected chi connectivity index (χ3v) is 4.45. The molecule has 1 fully saturated rings. The maximum atomic E-state index is 12.6. The summed E-state index contributed by atoms with van der Waals surface area (Å²) < 4.78 is 0. The zero-order chi connectivity index (χ0) is 16.4. The van der Waals surface area contributed by atoms with Crippen molar-refractivity contribution >= 4 is 16.9 Å². The molecule has 0 radical (unpaired) electrons. The van der Waals surface area contributed by atoms with Gasteiger partial charge in [0.1, 0.15) is 0 Å². The first-order chi connectivity index (χ1) is 11.1. The van der Waals surface area contributed by atoms with Crippen molar-refractivity contribution in [3.05, 3.63) is 23.5 Å². The van der Waals surface area contributed by atoms with Crippen molar-refractivity contribution in [1.29, 1.82) is 0 Å². The van der Waals surface area contributed by atoms with Crippen LogP contribution < -0.4 is 0 Å². The number of pyridine rings is 1. The number of hydrogen-bond donors (Lipinski definition) is 2. The van der Waals surface area contributed by atoms with Crippen LogP contribution in [0.1, 0.15) is 29.4 Å². The lowest BCUT2D eigenvalue weighted by Gasteiger charge is -2.35. The number of aromatic nitrogens is 3. The Morgan fingerprint density at radius 2 is 2.13 bits per heavy atom. The predicted octanol–water partition coefficient (Wildman–Crippen LogP) is 0.795. The molecule has 124 valence electrons. The van der Waals surface area contributed by atoms with Gasteiger partial charge in [0.05, 0.1) is 11.7 Å². The summed E-state index contributed by atoms with van der Waals surface area (Å²) in [5, 5.41) is 17.6. The fourth-order valence-electron chi connectivity index (χ4n) is 2.88. The van der Waals surface area contributed by atoms with Crippen LogP contribution in [0, 0.1) is 6.92 Å². The Hall–Kier alpha value is -1.99. The number of fused-ring (bicyclic) bond motifs is 1. The zero-order valence-electron chi connectivity index (χ0n) is 13.6. The molecule has 1 saturated heterocycles. The Bertz CT molecular complexity index is 691. The monoisotopic (exact) mass is 317 g/mol. The summed E-state index contributed by atoms with van der Waals surface area (Å²) >= 11 is 0. The quantitative estimate of drug-likeness (QED) is 0.871. The van der Waals surface area contributed by atoms with Gasteiger partial charge in [-0.2, -0.15) is 5.10 Å². The SMILES string of the molecule is CC[C@H](O)CN1CCN(C(=O)c2cnc3n[nH]c(C)c3c2)CC1. The number of aryl methyl sites for hydroxylation is 1. The van der Waals surface area contributed by atoms with Gasteiger partial charge in [0.2, 0.25) is 0 Å². The highest BCUT2D eigenvalue weighted by Gasteiger charge is 2.23. The van der Waals surface area contributed by atoms with Crippen LogP contribution in [0.4, 0.5) is 0 Å². The smallest absolute Gasteiger partial charge is 0.255 e. The number of aliphatic hydroxyl groups excluding tert-OH is 1. The number of nitrogens with one attached hydrogen (secondary N) is 1. The second-order valence-electron chi connectivity index (χ2n) is 6.10. The van der Waals surface area contributed by atoms with Crippen molar-refractivity contribution in [3.8, 4) is 0 Å². The molecule has 3 heterocycles. The number of carbonyl (C=O) groups is 1. The molecule has 0 aliphatic carbocycles. The molecule has 0 aromatic carbocycles. The van der Waals surface area contributed by atoms with Crippen LogP contribution in [-0.4, -0.2) is 74.8 Å². The lowest BCUT2D eigenvalue weighted by Crippen LogP contribution is -2.50. The minimum absolute atomic E-state index is 0.00990. The number of nitrogens with zero attached hydrogens (tertiary/aromatic N) is 4. The average molecular weight is 317 g/mol. The van der Waals surface area contributed by atoms with Gasteiger partial charge in [-0.05, 0) is 19.4 Å². The van der Waals surface area contributed by atoms with Crippen molar-refractivity contribution in [3.63, 3.8) is 0 Å². The fraction of sp³-hybridized carbons (Fsp3) is 0.562. The summed E-state index contributed by atoms with van der Waals surface area (Å²) in [6.07, 6.45) is 2.07. The van der Waals surface area contributed by atoms with E-state index in [0.717, 1.165) is 30.6 Å². The Morgan fingerprint density at radius 3 is 2.83 bits per heavy atom. The van der Waals surface area contributed by atoms with E-state index in [1.165, 1.54) is 0 Å². The third-order valence-electron chi connectivity index (χ3n) is 4.45. The van der Waals surface area contributed by atoms with Gasteiger partial charge in [0.25, 0.3) is 5.91 Å². The van der Waals surface area contributed by atoms with Gasteiger partial charge in [-0.3, -0.25) is 14.8 Å². The van der Waals surface area contributed by atoms with Crippen molar-refractivity contribution in [1.82, 2.24) is 25.0 Å². The first-order valence-electron chi connectivity index (χ1n) is 8.09. The fourth-order valence-corrected chi connectivity index (χ4v) is 2.88. The molecular formula is C16H23N5O2. The van der Waals surface area contributed by atoms with Gasteiger partial charge in [0.15, 0.2) is 5.65 Å². The normalized spacial score (nSPS) is 17.6. The Labute approximate surface area is 135 Å². The van der Waals surface area contributed by atoms with E-state index in [1.807, 2.05) is 24.8 Å². The van der Waals surface area contributed by atoms with Crippen LogP contribution >= 0.6 is 0 Å². The highest BCUT2D eigenvalue weighted by Crippen LogP contribution is 2.16.